The molecule has 0 amide bonds. The van der Waals surface area contributed by atoms with E-state index in [1.165, 1.54) is 35.4 Å². The maximum absolute atomic E-state index is 13.5. The van der Waals surface area contributed by atoms with Gasteiger partial charge in [-0.3, -0.25) is 0 Å². The molecule has 43 heavy (non-hydrogen) atoms. The first-order valence-corrected chi connectivity index (χ1v) is 13.3. The van der Waals surface area contributed by atoms with E-state index < -0.39 is 35.3 Å². The van der Waals surface area contributed by atoms with Gasteiger partial charge in [0.05, 0.1) is 39.6 Å². The molecule has 3 aromatic rings. The highest BCUT2D eigenvalue weighted by Gasteiger charge is 2.47. The normalized spacial score (nSPS) is 20.7. The van der Waals surface area contributed by atoms with Crippen LogP contribution in [0.4, 0.5) is 13.2 Å². The smallest absolute Gasteiger partial charge is 0.416 e. The Morgan fingerprint density at radius 2 is 1.58 bits per heavy atom. The molecule has 1 N–H and O–H groups in total. The lowest BCUT2D eigenvalue weighted by Crippen LogP contribution is -2.43. The largest absolute Gasteiger partial charge is 0.493 e. The molecule has 1 aliphatic heterocycles. The third kappa shape index (κ3) is 5.03. The number of methoxy groups -OCH3 is 4. The molecule has 12 heteroatoms. The van der Waals surface area contributed by atoms with Gasteiger partial charge in [-0.25, -0.2) is 4.79 Å². The van der Waals surface area contributed by atoms with Gasteiger partial charge in [0.15, 0.2) is 29.1 Å². The average molecular weight is 605 g/mol. The molecule has 9 nitrogen and oxygen atoms in total. The van der Waals surface area contributed by atoms with E-state index in [-0.39, 0.29) is 41.6 Å². The molecule has 3 aromatic carbocycles. The number of ether oxygens (including phenoxy) is 7. The number of aliphatic hydroxyl groups is 1. The molecule has 0 bridgehead atoms. The van der Waals surface area contributed by atoms with Crippen molar-refractivity contribution in [3.8, 4) is 45.6 Å². The van der Waals surface area contributed by atoms with Crippen LogP contribution in [0, 0.1) is 5.92 Å². The van der Waals surface area contributed by atoms with Crippen LogP contribution in [0.15, 0.2) is 36.4 Å². The van der Waals surface area contributed by atoms with Gasteiger partial charge < -0.3 is 38.3 Å². The molecule has 0 radical (unpaired) electrons. The van der Waals surface area contributed by atoms with Crippen molar-refractivity contribution >= 4 is 5.97 Å². The van der Waals surface area contributed by atoms with Crippen molar-refractivity contribution in [3.05, 3.63) is 58.7 Å². The fourth-order valence-electron chi connectivity index (χ4n) is 5.60. The summed E-state index contributed by atoms with van der Waals surface area (Å²) in [6.07, 6.45) is -5.65. The summed E-state index contributed by atoms with van der Waals surface area (Å²) in [5.41, 5.74) is -0.820. The van der Waals surface area contributed by atoms with Crippen molar-refractivity contribution in [2.45, 2.75) is 38.1 Å². The predicted octanol–water partition coefficient (Wildman–Crippen LogP) is 5.98. The van der Waals surface area contributed by atoms with Crippen LogP contribution in [-0.2, 0) is 17.3 Å². The van der Waals surface area contributed by atoms with E-state index in [1.807, 2.05) is 0 Å². The summed E-state index contributed by atoms with van der Waals surface area (Å²) in [6, 6.07) is 7.03. The number of benzene rings is 3. The molecule has 0 unspecified atom stereocenters. The number of hydrogen-bond donors (Lipinski definition) is 1. The van der Waals surface area contributed by atoms with Crippen molar-refractivity contribution < 1.29 is 56.2 Å². The third-order valence-electron chi connectivity index (χ3n) is 8.03. The quantitative estimate of drug-likeness (QED) is 0.341. The number of carbonyl (C=O) groups excluding carboxylic acids is 1. The zero-order valence-corrected chi connectivity index (χ0v) is 24.4. The van der Waals surface area contributed by atoms with Gasteiger partial charge in [-0.2, -0.15) is 13.2 Å². The number of halogens is 3. The van der Waals surface area contributed by atoms with E-state index >= 15 is 0 Å². The first-order valence-electron chi connectivity index (χ1n) is 13.3. The van der Waals surface area contributed by atoms with Gasteiger partial charge in [0, 0.05) is 16.7 Å². The zero-order valence-electron chi connectivity index (χ0n) is 24.4. The second-order valence-electron chi connectivity index (χ2n) is 10.5. The fourth-order valence-corrected chi connectivity index (χ4v) is 5.60. The molecular weight excluding hydrogens is 573 g/mol. The second kappa shape index (κ2) is 11.1. The molecule has 3 atom stereocenters. The maximum atomic E-state index is 13.5. The molecule has 1 heterocycles. The van der Waals surface area contributed by atoms with Crippen molar-refractivity contribution in [1.82, 2.24) is 0 Å². The average Bonchev–Trinajstić information content (AvgIpc) is 3.45. The van der Waals surface area contributed by atoms with Crippen LogP contribution in [0.3, 0.4) is 0 Å². The molecule has 5 rings (SSSR count). The number of esters is 1. The van der Waals surface area contributed by atoms with Gasteiger partial charge in [-0.15, -0.1) is 0 Å². The lowest BCUT2D eigenvalue weighted by molar-refractivity contribution is -0.137. The fraction of sp³-hybridized carbons (Fsp3) is 0.387. The van der Waals surface area contributed by atoms with E-state index in [2.05, 4.69) is 0 Å². The maximum Gasteiger partial charge on any atom is 0.416 e. The SMILES string of the molecule is COc1cc2c(c(OC)c1OC)-c1c(cc3c(c1OC)OCO3)C[C@H](C)[C@](C)(O)[C@H]2OC(=O)c1ccc(C(F)(F)F)cc1. The van der Waals surface area contributed by atoms with Gasteiger partial charge in [0.1, 0.15) is 5.60 Å². The minimum absolute atomic E-state index is 0.0227. The van der Waals surface area contributed by atoms with E-state index in [1.54, 1.807) is 19.1 Å². The van der Waals surface area contributed by atoms with Gasteiger partial charge >= 0.3 is 12.1 Å². The van der Waals surface area contributed by atoms with Gasteiger partial charge in [0.25, 0.3) is 0 Å². The number of fused-ring (bicyclic) bond motifs is 4. The molecule has 0 aromatic heterocycles. The summed E-state index contributed by atoms with van der Waals surface area (Å²) in [7, 11) is 5.77. The molecule has 2 aliphatic rings. The number of rotatable bonds is 6. The summed E-state index contributed by atoms with van der Waals surface area (Å²) in [6.45, 7) is 3.30. The van der Waals surface area contributed by atoms with Gasteiger partial charge in [-0.05, 0) is 61.2 Å². The van der Waals surface area contributed by atoms with Crippen LogP contribution < -0.4 is 28.4 Å². The number of alkyl halides is 3. The Balaban J connectivity index is 1.78. The minimum atomic E-state index is -4.58. The van der Waals surface area contributed by atoms with Crippen molar-refractivity contribution in [2.75, 3.05) is 35.2 Å². The van der Waals surface area contributed by atoms with Crippen molar-refractivity contribution in [1.29, 1.82) is 0 Å². The van der Waals surface area contributed by atoms with Crippen LogP contribution in [0.2, 0.25) is 0 Å². The van der Waals surface area contributed by atoms with Crippen molar-refractivity contribution in [2.24, 2.45) is 5.92 Å². The van der Waals surface area contributed by atoms with E-state index in [0.29, 0.717) is 28.4 Å². The molecule has 1 aliphatic carbocycles. The topological polar surface area (TPSA) is 102 Å². The Morgan fingerprint density at radius 3 is 2.16 bits per heavy atom. The predicted molar refractivity (Wildman–Crippen MR) is 147 cm³/mol. The number of hydrogen-bond acceptors (Lipinski definition) is 9. The highest BCUT2D eigenvalue weighted by Crippen LogP contribution is 2.59. The lowest BCUT2D eigenvalue weighted by Gasteiger charge is -2.41. The Kier molecular flexibility index (Phi) is 7.76. The monoisotopic (exact) mass is 604 g/mol. The van der Waals surface area contributed by atoms with Crippen LogP contribution in [-0.4, -0.2) is 51.9 Å². The molecular formula is C31H31F3O9. The standard InChI is InChI=1S/C31H31F3O9/c1-15-11-17-12-21-25(42-14-41-21)26(39-5)22(17)23-19(13-20(37-3)24(38-4)27(23)40-6)28(30(15,2)36)43-29(35)16-7-9-18(10-8-16)31(32,33)34/h7-10,12-13,15,28,36H,11,14H2,1-6H3/t15-,28-,30-/m0/s1. The molecule has 0 saturated heterocycles. The van der Waals surface area contributed by atoms with Crippen LogP contribution in [0.5, 0.6) is 34.5 Å². The van der Waals surface area contributed by atoms with E-state index in [9.17, 15) is 23.1 Å². The Morgan fingerprint density at radius 1 is 0.930 bits per heavy atom. The first kappa shape index (κ1) is 30.1. The highest BCUT2D eigenvalue weighted by molar-refractivity contribution is 5.91. The summed E-state index contributed by atoms with van der Waals surface area (Å²) < 4.78 is 79.8. The Bertz CT molecular complexity index is 1550. The summed E-state index contributed by atoms with van der Waals surface area (Å²) in [5, 5.41) is 12.1. The highest BCUT2D eigenvalue weighted by atomic mass is 19.4. The third-order valence-corrected chi connectivity index (χ3v) is 8.03. The Labute approximate surface area is 246 Å². The molecule has 0 spiro atoms. The van der Waals surface area contributed by atoms with Crippen molar-refractivity contribution in [3.63, 3.8) is 0 Å². The number of carbonyl (C=O) groups is 1. The van der Waals surface area contributed by atoms with Crippen LogP contribution in [0.25, 0.3) is 11.1 Å². The first-order chi connectivity index (χ1) is 20.4. The summed E-state index contributed by atoms with van der Waals surface area (Å²) in [4.78, 5) is 13.5. The summed E-state index contributed by atoms with van der Waals surface area (Å²) in [5.74, 6) is 0.346. The van der Waals surface area contributed by atoms with Gasteiger partial charge in [0.2, 0.25) is 18.3 Å². The van der Waals surface area contributed by atoms with Crippen LogP contribution >= 0.6 is 0 Å². The second-order valence-corrected chi connectivity index (χ2v) is 10.5. The lowest BCUT2D eigenvalue weighted by atomic mass is 9.73. The van der Waals surface area contributed by atoms with E-state index in [0.717, 1.165) is 29.8 Å². The van der Waals surface area contributed by atoms with Crippen LogP contribution in [0.1, 0.15) is 47.0 Å². The summed E-state index contributed by atoms with van der Waals surface area (Å²) >= 11 is 0. The Hall–Kier alpha value is -4.32. The minimum Gasteiger partial charge on any atom is -0.493 e. The molecule has 0 fully saturated rings. The molecule has 230 valence electrons. The van der Waals surface area contributed by atoms with E-state index in [4.69, 9.17) is 33.2 Å². The zero-order chi connectivity index (χ0) is 31.3. The van der Waals surface area contributed by atoms with Gasteiger partial charge in [-0.1, -0.05) is 6.92 Å². The molecule has 0 saturated carbocycles.